The van der Waals surface area contributed by atoms with Crippen molar-refractivity contribution >= 4 is 45.7 Å². The fourth-order valence-electron chi connectivity index (χ4n) is 2.44. The van der Waals surface area contributed by atoms with Gasteiger partial charge in [0.25, 0.3) is 0 Å². The first-order valence-electron chi connectivity index (χ1n) is 8.90. The third kappa shape index (κ3) is 6.36. The van der Waals surface area contributed by atoms with E-state index in [9.17, 15) is 9.59 Å². The van der Waals surface area contributed by atoms with Gasteiger partial charge in [-0.3, -0.25) is 9.79 Å². The molecule has 0 atom stereocenters. The van der Waals surface area contributed by atoms with Gasteiger partial charge in [-0.2, -0.15) is 0 Å². The van der Waals surface area contributed by atoms with Crippen molar-refractivity contribution in [3.63, 3.8) is 0 Å². The molecule has 3 aromatic carbocycles. The van der Waals surface area contributed by atoms with Crippen molar-refractivity contribution in [2.75, 3.05) is 0 Å². The molecule has 0 fully saturated rings. The number of aliphatic imine (C=N–C) groups is 1. The van der Waals surface area contributed by atoms with E-state index in [0.717, 1.165) is 21.3 Å². The lowest BCUT2D eigenvalue weighted by Crippen LogP contribution is -2.03. The summed E-state index contributed by atoms with van der Waals surface area (Å²) >= 11 is 3.37. The zero-order valence-corrected chi connectivity index (χ0v) is 17.3. The summed E-state index contributed by atoms with van der Waals surface area (Å²) in [5.74, 6) is 0.0377. The number of benzene rings is 3. The van der Waals surface area contributed by atoms with E-state index in [4.69, 9.17) is 4.74 Å². The summed E-state index contributed by atoms with van der Waals surface area (Å²) in [7, 11) is 0. The molecular formula is C24H18BrNO3. The van der Waals surface area contributed by atoms with Crippen molar-refractivity contribution < 1.29 is 14.3 Å². The lowest BCUT2D eigenvalue weighted by atomic mass is 10.1. The Balaban J connectivity index is 1.57. The van der Waals surface area contributed by atoms with Crippen molar-refractivity contribution in [3.05, 3.63) is 100 Å². The van der Waals surface area contributed by atoms with Gasteiger partial charge in [-0.05, 0) is 84.8 Å². The van der Waals surface area contributed by atoms with Crippen LogP contribution in [0.1, 0.15) is 28.4 Å². The van der Waals surface area contributed by atoms with Crippen LogP contribution in [0.5, 0.6) is 5.75 Å². The second-order valence-electron chi connectivity index (χ2n) is 6.24. The molecule has 0 aliphatic heterocycles. The minimum atomic E-state index is -0.445. The maximum Gasteiger partial charge on any atom is 0.336 e. The van der Waals surface area contributed by atoms with Crippen LogP contribution >= 0.6 is 15.9 Å². The average molecular weight is 448 g/mol. The Morgan fingerprint density at radius 1 is 0.862 bits per heavy atom. The molecule has 4 nitrogen and oxygen atoms in total. The molecule has 0 aliphatic rings. The molecule has 0 heterocycles. The number of ketones is 1. The van der Waals surface area contributed by atoms with Crippen LogP contribution in [0.15, 0.2) is 88.3 Å². The zero-order chi connectivity index (χ0) is 20.6. The largest absolute Gasteiger partial charge is 0.423 e. The fraction of sp³-hybridized carbons (Fsp3) is 0.0417. The van der Waals surface area contributed by atoms with Gasteiger partial charge in [0.15, 0.2) is 5.78 Å². The Labute approximate surface area is 177 Å². The van der Waals surface area contributed by atoms with Crippen molar-refractivity contribution in [3.8, 4) is 5.75 Å². The van der Waals surface area contributed by atoms with Gasteiger partial charge in [0.2, 0.25) is 0 Å². The number of hydrogen-bond donors (Lipinski definition) is 0. The molecule has 0 spiro atoms. The van der Waals surface area contributed by atoms with Crippen molar-refractivity contribution in [2.24, 2.45) is 4.99 Å². The molecule has 0 amide bonds. The van der Waals surface area contributed by atoms with Crippen LogP contribution in [0.25, 0.3) is 6.08 Å². The van der Waals surface area contributed by atoms with E-state index < -0.39 is 5.97 Å². The van der Waals surface area contributed by atoms with Crippen LogP contribution in [-0.2, 0) is 4.79 Å². The van der Waals surface area contributed by atoms with Gasteiger partial charge in [-0.25, -0.2) is 4.79 Å². The van der Waals surface area contributed by atoms with Crippen molar-refractivity contribution in [1.29, 1.82) is 0 Å². The van der Waals surface area contributed by atoms with Crippen LogP contribution in [-0.4, -0.2) is 18.0 Å². The smallest absolute Gasteiger partial charge is 0.336 e. The molecule has 0 saturated heterocycles. The van der Waals surface area contributed by atoms with E-state index in [-0.39, 0.29) is 5.78 Å². The first-order chi connectivity index (χ1) is 14.0. The molecule has 0 saturated carbocycles. The van der Waals surface area contributed by atoms with E-state index in [0.29, 0.717) is 11.3 Å². The van der Waals surface area contributed by atoms with E-state index in [2.05, 4.69) is 20.9 Å². The Kier molecular flexibility index (Phi) is 6.87. The molecule has 0 aliphatic carbocycles. The summed E-state index contributed by atoms with van der Waals surface area (Å²) in [6, 6.07) is 21.7. The number of nitrogens with zero attached hydrogens (tertiary/aromatic N) is 1. The van der Waals surface area contributed by atoms with Gasteiger partial charge in [0.05, 0.1) is 5.69 Å². The molecular weight excluding hydrogens is 430 g/mol. The Hall–Kier alpha value is -3.31. The first kappa shape index (κ1) is 20.4. The van der Waals surface area contributed by atoms with Crippen molar-refractivity contribution in [1.82, 2.24) is 0 Å². The normalized spacial score (nSPS) is 11.1. The van der Waals surface area contributed by atoms with E-state index in [1.54, 1.807) is 48.7 Å². The molecule has 3 rings (SSSR count). The number of hydrogen-bond acceptors (Lipinski definition) is 4. The maximum atomic E-state index is 12.0. The van der Waals surface area contributed by atoms with E-state index in [1.807, 2.05) is 36.4 Å². The van der Waals surface area contributed by atoms with Gasteiger partial charge < -0.3 is 4.74 Å². The quantitative estimate of drug-likeness (QED) is 0.152. The fourth-order valence-corrected chi connectivity index (χ4v) is 2.71. The van der Waals surface area contributed by atoms with E-state index >= 15 is 0 Å². The number of carbonyl (C=O) groups excluding carboxylic acids is 2. The van der Waals surface area contributed by atoms with Gasteiger partial charge in [-0.15, -0.1) is 0 Å². The summed E-state index contributed by atoms with van der Waals surface area (Å²) < 4.78 is 6.28. The third-order valence-corrected chi connectivity index (χ3v) is 4.55. The minimum Gasteiger partial charge on any atom is -0.423 e. The monoisotopic (exact) mass is 447 g/mol. The molecule has 0 radical (unpaired) electrons. The van der Waals surface area contributed by atoms with Gasteiger partial charge in [0, 0.05) is 22.3 Å². The number of esters is 1. The molecule has 0 aromatic heterocycles. The second kappa shape index (κ2) is 9.75. The number of ether oxygens (including phenoxy) is 1. The van der Waals surface area contributed by atoms with Gasteiger partial charge in [-0.1, -0.05) is 28.1 Å². The number of Topliss-reactive ketones (excluding diaryl/α,β-unsaturated/α-hetero) is 1. The summed E-state index contributed by atoms with van der Waals surface area (Å²) in [6.45, 7) is 1.53. The Morgan fingerprint density at radius 2 is 1.48 bits per heavy atom. The molecule has 29 heavy (non-hydrogen) atoms. The highest BCUT2D eigenvalue weighted by Crippen LogP contribution is 2.16. The van der Waals surface area contributed by atoms with Crippen molar-refractivity contribution in [2.45, 2.75) is 6.92 Å². The minimum absolute atomic E-state index is 0.0253. The van der Waals surface area contributed by atoms with Crippen LogP contribution in [0.4, 0.5) is 5.69 Å². The van der Waals surface area contributed by atoms with Gasteiger partial charge >= 0.3 is 5.97 Å². The summed E-state index contributed by atoms with van der Waals surface area (Å²) in [5, 5.41) is 0. The van der Waals surface area contributed by atoms with Gasteiger partial charge in [0.1, 0.15) is 5.75 Å². The first-order valence-corrected chi connectivity index (χ1v) is 9.69. The standard InChI is InChI=1S/C24H18BrNO3/c1-17(27)20-7-11-22(12-8-20)26-16-19-4-13-23(14-5-19)29-24(28)15-6-18-2-9-21(25)10-3-18/h2-16H,1H3. The molecule has 0 bridgehead atoms. The molecule has 3 aromatic rings. The summed E-state index contributed by atoms with van der Waals surface area (Å²) in [6.07, 6.45) is 4.80. The molecule has 5 heteroatoms. The number of rotatable bonds is 6. The van der Waals surface area contributed by atoms with Crippen LogP contribution in [0.3, 0.4) is 0 Å². The maximum absolute atomic E-state index is 12.0. The number of halogens is 1. The highest BCUT2D eigenvalue weighted by Gasteiger charge is 2.01. The average Bonchev–Trinajstić information content (AvgIpc) is 2.73. The zero-order valence-electron chi connectivity index (χ0n) is 15.7. The lowest BCUT2D eigenvalue weighted by molar-refractivity contribution is -0.128. The number of carbonyl (C=O) groups is 2. The SMILES string of the molecule is CC(=O)c1ccc(N=Cc2ccc(OC(=O)C=Cc3ccc(Br)cc3)cc2)cc1. The predicted octanol–water partition coefficient (Wildman–Crippen LogP) is 6.02. The summed E-state index contributed by atoms with van der Waals surface area (Å²) in [4.78, 5) is 27.6. The predicted molar refractivity (Wildman–Crippen MR) is 119 cm³/mol. The Morgan fingerprint density at radius 3 is 2.10 bits per heavy atom. The van der Waals surface area contributed by atoms with Crippen LogP contribution < -0.4 is 4.74 Å². The highest BCUT2D eigenvalue weighted by atomic mass is 79.9. The highest BCUT2D eigenvalue weighted by molar-refractivity contribution is 9.10. The second-order valence-corrected chi connectivity index (χ2v) is 7.15. The van der Waals surface area contributed by atoms with Crippen LogP contribution in [0, 0.1) is 0 Å². The van der Waals surface area contributed by atoms with E-state index in [1.165, 1.54) is 13.0 Å². The molecule has 0 unspecified atom stereocenters. The third-order valence-electron chi connectivity index (χ3n) is 4.02. The molecule has 144 valence electrons. The van der Waals surface area contributed by atoms with Crippen LogP contribution in [0.2, 0.25) is 0 Å². The summed E-state index contributed by atoms with van der Waals surface area (Å²) in [5.41, 5.74) is 3.19. The Bertz CT molecular complexity index is 1050. The topological polar surface area (TPSA) is 55.7 Å². The molecule has 0 N–H and O–H groups in total. The lowest BCUT2D eigenvalue weighted by Gasteiger charge is -2.02.